The van der Waals surface area contributed by atoms with Crippen molar-refractivity contribution < 1.29 is 5.11 Å². The molecule has 0 radical (unpaired) electrons. The van der Waals surface area contributed by atoms with Crippen LogP contribution < -0.4 is 5.32 Å². The quantitative estimate of drug-likeness (QED) is 0.683. The Labute approximate surface area is 126 Å². The highest BCUT2D eigenvalue weighted by atomic mass is 16.3. The third-order valence-electron chi connectivity index (χ3n) is 5.68. The predicted octanol–water partition coefficient (Wildman–Crippen LogP) is 3.03. The number of aliphatic hydroxyl groups is 1. The van der Waals surface area contributed by atoms with E-state index >= 15 is 0 Å². The second kappa shape index (κ2) is 7.77. The summed E-state index contributed by atoms with van der Waals surface area (Å²) >= 11 is 0. The van der Waals surface area contributed by atoms with Gasteiger partial charge in [0.25, 0.3) is 0 Å². The zero-order valence-corrected chi connectivity index (χ0v) is 14.3. The van der Waals surface area contributed by atoms with Crippen molar-refractivity contribution in [1.29, 1.82) is 0 Å². The Hall–Kier alpha value is -0.120. The minimum atomic E-state index is -0.00674. The molecule has 120 valence electrons. The van der Waals surface area contributed by atoms with Gasteiger partial charge in [0.15, 0.2) is 0 Å². The van der Waals surface area contributed by atoms with Crippen molar-refractivity contribution in [2.75, 3.05) is 26.7 Å². The van der Waals surface area contributed by atoms with Crippen molar-refractivity contribution in [3.8, 4) is 0 Å². The molecule has 3 heteroatoms. The fourth-order valence-electron chi connectivity index (χ4n) is 3.36. The SMILES string of the molecule is CCCNC1(CO)CCCC1CCN(C)C(C)(C)CC. The number of nitrogens with zero attached hydrogens (tertiary/aromatic N) is 1. The van der Waals surface area contributed by atoms with E-state index < -0.39 is 0 Å². The van der Waals surface area contributed by atoms with E-state index in [0.717, 1.165) is 25.9 Å². The summed E-state index contributed by atoms with van der Waals surface area (Å²) in [6.45, 7) is 11.5. The Kier molecular flexibility index (Phi) is 6.96. The van der Waals surface area contributed by atoms with E-state index in [4.69, 9.17) is 0 Å². The number of nitrogens with one attached hydrogen (secondary N) is 1. The van der Waals surface area contributed by atoms with Crippen molar-refractivity contribution in [2.45, 2.75) is 77.3 Å². The first-order chi connectivity index (χ1) is 9.41. The van der Waals surface area contributed by atoms with E-state index in [2.05, 4.69) is 45.0 Å². The second-order valence-corrected chi connectivity index (χ2v) is 7.21. The second-order valence-electron chi connectivity index (χ2n) is 7.21. The maximum atomic E-state index is 9.91. The number of rotatable bonds is 9. The first-order valence-corrected chi connectivity index (χ1v) is 8.49. The molecule has 2 atom stereocenters. The van der Waals surface area contributed by atoms with Gasteiger partial charge < -0.3 is 15.3 Å². The molecule has 2 unspecified atom stereocenters. The summed E-state index contributed by atoms with van der Waals surface area (Å²) in [7, 11) is 2.23. The Morgan fingerprint density at radius 2 is 2.05 bits per heavy atom. The third-order valence-corrected chi connectivity index (χ3v) is 5.68. The third kappa shape index (κ3) is 4.19. The van der Waals surface area contributed by atoms with Crippen LogP contribution >= 0.6 is 0 Å². The summed E-state index contributed by atoms with van der Waals surface area (Å²) < 4.78 is 0. The van der Waals surface area contributed by atoms with Gasteiger partial charge in [0, 0.05) is 11.1 Å². The number of hydrogen-bond acceptors (Lipinski definition) is 3. The highest BCUT2D eigenvalue weighted by Crippen LogP contribution is 2.38. The van der Waals surface area contributed by atoms with Crippen LogP contribution in [0.1, 0.15) is 66.2 Å². The molecule has 3 nitrogen and oxygen atoms in total. The van der Waals surface area contributed by atoms with Crippen molar-refractivity contribution >= 4 is 0 Å². The Morgan fingerprint density at radius 3 is 2.60 bits per heavy atom. The highest BCUT2D eigenvalue weighted by molar-refractivity contribution is 4.99. The molecule has 0 aromatic heterocycles. The van der Waals surface area contributed by atoms with Gasteiger partial charge in [-0.1, -0.05) is 20.3 Å². The van der Waals surface area contributed by atoms with Gasteiger partial charge in [-0.2, -0.15) is 0 Å². The highest BCUT2D eigenvalue weighted by Gasteiger charge is 2.41. The van der Waals surface area contributed by atoms with Gasteiger partial charge in [-0.25, -0.2) is 0 Å². The lowest BCUT2D eigenvalue weighted by Gasteiger charge is -2.39. The summed E-state index contributed by atoms with van der Waals surface area (Å²) in [5.41, 5.74) is 0.268. The minimum Gasteiger partial charge on any atom is -0.394 e. The van der Waals surface area contributed by atoms with Crippen LogP contribution in [0.5, 0.6) is 0 Å². The molecule has 0 aliphatic heterocycles. The topological polar surface area (TPSA) is 35.5 Å². The molecule has 0 spiro atoms. The van der Waals surface area contributed by atoms with Crippen LogP contribution in [-0.2, 0) is 0 Å². The van der Waals surface area contributed by atoms with E-state index in [1.165, 1.54) is 25.7 Å². The van der Waals surface area contributed by atoms with E-state index in [1.54, 1.807) is 0 Å². The average Bonchev–Trinajstić information content (AvgIpc) is 2.85. The molecular weight excluding hydrogens is 248 g/mol. The minimum absolute atomic E-state index is 0.00674. The van der Waals surface area contributed by atoms with Crippen LogP contribution in [-0.4, -0.2) is 47.8 Å². The average molecular weight is 284 g/mol. The Balaban J connectivity index is 2.57. The van der Waals surface area contributed by atoms with Crippen molar-refractivity contribution in [3.63, 3.8) is 0 Å². The zero-order chi connectivity index (χ0) is 15.2. The summed E-state index contributed by atoms with van der Waals surface area (Å²) in [6, 6.07) is 0. The molecule has 1 rings (SSSR count). The zero-order valence-electron chi connectivity index (χ0n) is 14.3. The molecular formula is C17H36N2O. The lowest BCUT2D eigenvalue weighted by molar-refractivity contribution is 0.0951. The van der Waals surface area contributed by atoms with Gasteiger partial charge in [0.1, 0.15) is 0 Å². The van der Waals surface area contributed by atoms with Gasteiger partial charge in [-0.15, -0.1) is 0 Å². The smallest absolute Gasteiger partial charge is 0.0616 e. The van der Waals surface area contributed by atoms with E-state index in [-0.39, 0.29) is 11.1 Å². The molecule has 2 N–H and O–H groups in total. The fraction of sp³-hybridized carbons (Fsp3) is 1.00. The summed E-state index contributed by atoms with van der Waals surface area (Å²) in [6.07, 6.45) is 7.15. The molecule has 0 saturated heterocycles. The van der Waals surface area contributed by atoms with E-state index in [1.807, 2.05) is 0 Å². The summed E-state index contributed by atoms with van der Waals surface area (Å²) in [5, 5.41) is 13.6. The predicted molar refractivity (Wildman–Crippen MR) is 87.1 cm³/mol. The molecule has 1 aliphatic carbocycles. The van der Waals surface area contributed by atoms with E-state index in [9.17, 15) is 5.11 Å². The number of hydrogen-bond donors (Lipinski definition) is 2. The van der Waals surface area contributed by atoms with Crippen LogP contribution in [0.3, 0.4) is 0 Å². The van der Waals surface area contributed by atoms with Crippen LogP contribution in [0.25, 0.3) is 0 Å². The molecule has 0 bridgehead atoms. The molecule has 0 amide bonds. The lowest BCUT2D eigenvalue weighted by atomic mass is 9.84. The van der Waals surface area contributed by atoms with Gasteiger partial charge >= 0.3 is 0 Å². The molecule has 1 aliphatic rings. The van der Waals surface area contributed by atoms with Crippen LogP contribution in [0.2, 0.25) is 0 Å². The van der Waals surface area contributed by atoms with Crippen LogP contribution in [0.4, 0.5) is 0 Å². The largest absolute Gasteiger partial charge is 0.394 e. The van der Waals surface area contributed by atoms with E-state index in [0.29, 0.717) is 12.5 Å². The standard InChI is InChI=1S/C17H36N2O/c1-6-12-18-17(14-20)11-8-9-15(17)10-13-19(5)16(3,4)7-2/h15,18,20H,6-14H2,1-5H3. The van der Waals surface area contributed by atoms with Crippen LogP contribution in [0.15, 0.2) is 0 Å². The van der Waals surface area contributed by atoms with Gasteiger partial charge in [-0.05, 0) is 72.0 Å². The van der Waals surface area contributed by atoms with Gasteiger partial charge in [0.05, 0.1) is 6.61 Å². The fourth-order valence-corrected chi connectivity index (χ4v) is 3.36. The molecule has 0 heterocycles. The monoisotopic (exact) mass is 284 g/mol. The first kappa shape index (κ1) is 17.9. The van der Waals surface area contributed by atoms with Crippen LogP contribution in [0, 0.1) is 5.92 Å². The van der Waals surface area contributed by atoms with Gasteiger partial charge in [0.2, 0.25) is 0 Å². The molecule has 20 heavy (non-hydrogen) atoms. The van der Waals surface area contributed by atoms with Crippen molar-refractivity contribution in [1.82, 2.24) is 10.2 Å². The van der Waals surface area contributed by atoms with Gasteiger partial charge in [-0.3, -0.25) is 0 Å². The molecule has 1 fully saturated rings. The maximum absolute atomic E-state index is 9.91. The normalized spacial score (nSPS) is 27.4. The maximum Gasteiger partial charge on any atom is 0.0616 e. The van der Waals surface area contributed by atoms with Crippen molar-refractivity contribution in [3.05, 3.63) is 0 Å². The Bertz CT molecular complexity index is 280. The first-order valence-electron chi connectivity index (χ1n) is 8.49. The Morgan fingerprint density at radius 1 is 1.35 bits per heavy atom. The van der Waals surface area contributed by atoms with Crippen molar-refractivity contribution in [2.24, 2.45) is 5.92 Å². The number of aliphatic hydroxyl groups excluding tert-OH is 1. The molecule has 0 aromatic carbocycles. The summed E-state index contributed by atoms with van der Waals surface area (Å²) in [5.74, 6) is 0.620. The summed E-state index contributed by atoms with van der Waals surface area (Å²) in [4.78, 5) is 2.48. The molecule has 0 aromatic rings. The lowest BCUT2D eigenvalue weighted by Crippen LogP contribution is -2.52. The molecule has 1 saturated carbocycles.